The van der Waals surface area contributed by atoms with Crippen LogP contribution in [0.5, 0.6) is 0 Å². The molecule has 0 N–H and O–H groups in total. The van der Waals surface area contributed by atoms with Gasteiger partial charge in [-0.05, 0) is 51.0 Å². The number of hydrogen-bond donors (Lipinski definition) is 0. The van der Waals surface area contributed by atoms with E-state index in [2.05, 4.69) is 4.57 Å². The van der Waals surface area contributed by atoms with Crippen LogP contribution in [0, 0.1) is 13.8 Å². The summed E-state index contributed by atoms with van der Waals surface area (Å²) in [6.45, 7) is 7.16. The van der Waals surface area contributed by atoms with Crippen molar-refractivity contribution in [2.75, 3.05) is 18.1 Å². The summed E-state index contributed by atoms with van der Waals surface area (Å²) in [5, 5.41) is 0. The number of Topliss-reactive ketones (excluding diaryl/α,β-unsaturated/α-hetero) is 1. The van der Waals surface area contributed by atoms with E-state index in [1.807, 2.05) is 51.1 Å². The van der Waals surface area contributed by atoms with Gasteiger partial charge in [-0.2, -0.15) is 0 Å². The van der Waals surface area contributed by atoms with Crippen LogP contribution in [0.2, 0.25) is 0 Å². The highest BCUT2D eigenvalue weighted by atomic mass is 16.5. The zero-order valence-electron chi connectivity index (χ0n) is 16.7. The Labute approximate surface area is 165 Å². The number of carbonyl (C=O) groups excluding carboxylic acids is 3. The lowest BCUT2D eigenvalue weighted by Gasteiger charge is -2.15. The summed E-state index contributed by atoms with van der Waals surface area (Å²) in [5.41, 5.74) is 4.16. The van der Waals surface area contributed by atoms with Gasteiger partial charge in [0.15, 0.2) is 6.61 Å². The molecule has 148 valence electrons. The largest absolute Gasteiger partial charge is 0.457 e. The summed E-state index contributed by atoms with van der Waals surface area (Å²) in [4.78, 5) is 38.1. The smallest absolute Gasteiger partial charge is 0.310 e. The van der Waals surface area contributed by atoms with Gasteiger partial charge in [0.25, 0.3) is 0 Å². The average Bonchev–Trinajstić information content (AvgIpc) is 3.23. The Hall–Kier alpha value is -2.89. The number of benzene rings is 1. The van der Waals surface area contributed by atoms with Crippen molar-refractivity contribution in [1.29, 1.82) is 0 Å². The molecule has 1 aliphatic rings. The van der Waals surface area contributed by atoms with Crippen molar-refractivity contribution >= 4 is 23.3 Å². The molecule has 1 amide bonds. The summed E-state index contributed by atoms with van der Waals surface area (Å²) < 4.78 is 7.24. The maximum absolute atomic E-state index is 12.4. The second kappa shape index (κ2) is 8.42. The highest BCUT2D eigenvalue weighted by molar-refractivity contribution is 5.99. The number of aromatic nitrogens is 1. The normalized spacial score (nSPS) is 13.8. The van der Waals surface area contributed by atoms with Crippen LogP contribution in [-0.4, -0.2) is 35.4 Å². The minimum Gasteiger partial charge on any atom is -0.457 e. The number of aryl methyl sites for hydroxylation is 1. The van der Waals surface area contributed by atoms with Gasteiger partial charge in [0.1, 0.15) is 0 Å². The van der Waals surface area contributed by atoms with Gasteiger partial charge in [-0.25, -0.2) is 0 Å². The maximum Gasteiger partial charge on any atom is 0.310 e. The molecule has 2 aromatic rings. The van der Waals surface area contributed by atoms with E-state index in [1.54, 1.807) is 4.90 Å². The van der Waals surface area contributed by atoms with Crippen molar-refractivity contribution in [2.24, 2.45) is 0 Å². The van der Waals surface area contributed by atoms with Gasteiger partial charge in [-0.1, -0.05) is 12.1 Å². The molecule has 3 rings (SSSR count). The van der Waals surface area contributed by atoms with E-state index >= 15 is 0 Å². The van der Waals surface area contributed by atoms with Crippen LogP contribution >= 0.6 is 0 Å². The van der Waals surface area contributed by atoms with Gasteiger partial charge in [-0.15, -0.1) is 0 Å². The first-order valence-electron chi connectivity index (χ1n) is 9.65. The number of anilines is 1. The molecule has 0 saturated carbocycles. The van der Waals surface area contributed by atoms with Crippen LogP contribution in [0.3, 0.4) is 0 Å². The van der Waals surface area contributed by atoms with Crippen molar-refractivity contribution in [3.05, 3.63) is 52.8 Å². The molecule has 0 spiro atoms. The van der Waals surface area contributed by atoms with Crippen LogP contribution in [0.15, 0.2) is 30.3 Å². The Balaban J connectivity index is 1.54. The lowest BCUT2D eigenvalue weighted by atomic mass is 10.1. The zero-order valence-corrected chi connectivity index (χ0v) is 16.7. The fourth-order valence-electron chi connectivity index (χ4n) is 3.73. The average molecular weight is 382 g/mol. The third-order valence-corrected chi connectivity index (χ3v) is 5.22. The molecule has 0 atom stereocenters. The van der Waals surface area contributed by atoms with Crippen LogP contribution in [-0.2, 0) is 27.3 Å². The molecule has 0 radical (unpaired) electrons. The lowest BCUT2D eigenvalue weighted by Crippen LogP contribution is -2.23. The number of nitrogens with zero attached hydrogens (tertiary/aromatic N) is 2. The molecule has 28 heavy (non-hydrogen) atoms. The molecular formula is C22H26N2O4. The molecule has 1 aromatic carbocycles. The highest BCUT2D eigenvalue weighted by Crippen LogP contribution is 2.22. The molecule has 0 unspecified atom stereocenters. The summed E-state index contributed by atoms with van der Waals surface area (Å²) in [6, 6.07) is 9.17. The van der Waals surface area contributed by atoms with Crippen molar-refractivity contribution < 1.29 is 19.1 Å². The monoisotopic (exact) mass is 382 g/mol. The number of esters is 1. The topological polar surface area (TPSA) is 68.6 Å². The number of rotatable bonds is 7. The molecule has 0 aliphatic carbocycles. The van der Waals surface area contributed by atoms with Crippen molar-refractivity contribution in [3.63, 3.8) is 0 Å². The van der Waals surface area contributed by atoms with E-state index in [1.165, 1.54) is 0 Å². The molecular weight excluding hydrogens is 356 g/mol. The van der Waals surface area contributed by atoms with Gasteiger partial charge in [-0.3, -0.25) is 14.4 Å². The molecule has 1 aliphatic heterocycles. The maximum atomic E-state index is 12.4. The molecule has 2 heterocycles. The Morgan fingerprint density at radius 2 is 1.86 bits per heavy atom. The van der Waals surface area contributed by atoms with Gasteiger partial charge < -0.3 is 14.2 Å². The first kappa shape index (κ1) is 19.9. The predicted octanol–water partition coefficient (Wildman–Crippen LogP) is 3.22. The van der Waals surface area contributed by atoms with E-state index in [9.17, 15) is 14.4 Å². The predicted molar refractivity (Wildman–Crippen MR) is 107 cm³/mol. The molecule has 1 saturated heterocycles. The van der Waals surface area contributed by atoms with Crippen molar-refractivity contribution in [3.8, 4) is 0 Å². The third-order valence-electron chi connectivity index (χ3n) is 5.22. The van der Waals surface area contributed by atoms with Crippen molar-refractivity contribution in [2.45, 2.75) is 46.6 Å². The summed E-state index contributed by atoms with van der Waals surface area (Å²) >= 11 is 0. The van der Waals surface area contributed by atoms with Crippen LogP contribution < -0.4 is 4.90 Å². The van der Waals surface area contributed by atoms with E-state index in [-0.39, 0.29) is 24.7 Å². The Kier molecular flexibility index (Phi) is 5.97. The molecule has 0 bridgehead atoms. The van der Waals surface area contributed by atoms with Crippen LogP contribution in [0.1, 0.15) is 47.1 Å². The van der Waals surface area contributed by atoms with E-state index in [0.717, 1.165) is 42.1 Å². The quantitative estimate of drug-likeness (QED) is 0.545. The zero-order chi connectivity index (χ0) is 20.3. The van der Waals surface area contributed by atoms with Gasteiger partial charge >= 0.3 is 5.97 Å². The Bertz CT molecular complexity index is 896. The number of ketones is 1. The lowest BCUT2D eigenvalue weighted by molar-refractivity contribution is -0.141. The number of amides is 1. The number of ether oxygens (including phenoxy) is 1. The number of hydrogen-bond acceptors (Lipinski definition) is 4. The molecule has 1 fully saturated rings. The minimum absolute atomic E-state index is 0.0927. The Morgan fingerprint density at radius 3 is 2.43 bits per heavy atom. The first-order chi connectivity index (χ1) is 13.4. The van der Waals surface area contributed by atoms with E-state index in [4.69, 9.17) is 4.74 Å². The first-order valence-corrected chi connectivity index (χ1v) is 9.65. The minimum atomic E-state index is -0.442. The summed E-state index contributed by atoms with van der Waals surface area (Å²) in [5.74, 6) is -0.500. The second-order valence-corrected chi connectivity index (χ2v) is 7.11. The van der Waals surface area contributed by atoms with Gasteiger partial charge in [0.05, 0.1) is 6.42 Å². The molecule has 6 heteroatoms. The second-order valence-electron chi connectivity index (χ2n) is 7.11. The summed E-state index contributed by atoms with van der Waals surface area (Å²) in [7, 11) is 0. The molecule has 1 aromatic heterocycles. The molecule has 6 nitrogen and oxygen atoms in total. The SMILES string of the molecule is CCn1c(C)cc(C(=O)COC(=O)Cc2ccc(N3CCCC3=O)cc2)c1C. The van der Waals surface area contributed by atoms with Gasteiger partial charge in [0, 0.05) is 42.1 Å². The third kappa shape index (κ3) is 4.16. The van der Waals surface area contributed by atoms with E-state index < -0.39 is 5.97 Å². The standard InChI is InChI=1S/C22H26N2O4/c1-4-23-15(2)12-19(16(23)3)20(25)14-28-22(27)13-17-7-9-18(10-8-17)24-11-5-6-21(24)26/h7-10,12H,4-6,11,13-14H2,1-3H3. The summed E-state index contributed by atoms with van der Waals surface area (Å²) in [6.07, 6.45) is 1.56. The van der Waals surface area contributed by atoms with E-state index in [0.29, 0.717) is 12.0 Å². The van der Waals surface area contributed by atoms with Crippen molar-refractivity contribution in [1.82, 2.24) is 4.57 Å². The Morgan fingerprint density at radius 1 is 1.14 bits per heavy atom. The van der Waals surface area contributed by atoms with Gasteiger partial charge in [0.2, 0.25) is 11.7 Å². The van der Waals surface area contributed by atoms with Crippen LogP contribution in [0.25, 0.3) is 0 Å². The fourth-order valence-corrected chi connectivity index (χ4v) is 3.73. The van der Waals surface area contributed by atoms with Crippen LogP contribution in [0.4, 0.5) is 5.69 Å². The number of carbonyl (C=O) groups is 3. The highest BCUT2D eigenvalue weighted by Gasteiger charge is 2.21. The fraction of sp³-hybridized carbons (Fsp3) is 0.409.